The topological polar surface area (TPSA) is 102 Å². The van der Waals surface area contributed by atoms with Crippen LogP contribution in [0.5, 0.6) is 0 Å². The van der Waals surface area contributed by atoms with Crippen LogP contribution in [0.25, 0.3) is 10.9 Å². The van der Waals surface area contributed by atoms with Crippen LogP contribution in [0.2, 0.25) is 10.0 Å². The summed E-state index contributed by atoms with van der Waals surface area (Å²) in [5.41, 5.74) is 2.73. The molecule has 8 nitrogen and oxygen atoms in total. The fourth-order valence-electron chi connectivity index (χ4n) is 3.25. The maximum atomic E-state index is 12.3. The number of alkyl carbamates (subject to hydrolysis) is 1. The molecule has 0 spiro atoms. The van der Waals surface area contributed by atoms with Gasteiger partial charge in [0.05, 0.1) is 16.6 Å². The summed E-state index contributed by atoms with van der Waals surface area (Å²) in [6, 6.07) is 3.57. The van der Waals surface area contributed by atoms with Crippen molar-refractivity contribution in [3.8, 4) is 0 Å². The summed E-state index contributed by atoms with van der Waals surface area (Å²) in [7, 11) is 0. The van der Waals surface area contributed by atoms with Gasteiger partial charge in [0.15, 0.2) is 0 Å². The number of fused-ring (bicyclic) bond motifs is 1. The average Bonchev–Trinajstić information content (AvgIpc) is 3.21. The van der Waals surface area contributed by atoms with Crippen molar-refractivity contribution in [1.29, 1.82) is 0 Å². The number of halogens is 2. The molecule has 2 amide bonds. The Kier molecular flexibility index (Phi) is 6.62. The van der Waals surface area contributed by atoms with E-state index in [2.05, 4.69) is 20.6 Å². The van der Waals surface area contributed by atoms with Crippen LogP contribution in [-0.2, 0) is 22.5 Å². The molecule has 0 aliphatic heterocycles. The van der Waals surface area contributed by atoms with Gasteiger partial charge in [-0.25, -0.2) is 4.79 Å². The van der Waals surface area contributed by atoms with Crippen molar-refractivity contribution >= 4 is 46.1 Å². The first-order chi connectivity index (χ1) is 14.4. The van der Waals surface area contributed by atoms with Crippen LogP contribution in [0.3, 0.4) is 0 Å². The number of aromatic nitrogens is 4. The lowest BCUT2D eigenvalue weighted by molar-refractivity contribution is -0.121. The van der Waals surface area contributed by atoms with E-state index in [-0.39, 0.29) is 0 Å². The lowest BCUT2D eigenvalue weighted by atomic mass is 10.1. The number of aryl methyl sites for hydroxylation is 3. The number of carbonyl (C=O) groups excluding carboxylic acids is 2. The van der Waals surface area contributed by atoms with Gasteiger partial charge in [0.25, 0.3) is 0 Å². The summed E-state index contributed by atoms with van der Waals surface area (Å²) >= 11 is 12.5. The van der Waals surface area contributed by atoms with Crippen LogP contribution in [-0.4, -0.2) is 37.6 Å². The van der Waals surface area contributed by atoms with Gasteiger partial charge >= 0.3 is 6.09 Å². The van der Waals surface area contributed by atoms with Gasteiger partial charge in [-0.1, -0.05) is 28.4 Å². The van der Waals surface area contributed by atoms with Crippen LogP contribution in [0.15, 0.2) is 18.3 Å². The fourth-order valence-corrected chi connectivity index (χ4v) is 3.86. The van der Waals surface area contributed by atoms with Gasteiger partial charge in [0.2, 0.25) is 5.91 Å². The lowest BCUT2D eigenvalue weighted by Gasteiger charge is -2.19. The first kappa shape index (κ1) is 23.1. The van der Waals surface area contributed by atoms with Crippen molar-refractivity contribution in [2.75, 3.05) is 0 Å². The van der Waals surface area contributed by atoms with Crippen molar-refractivity contribution in [3.05, 3.63) is 45.3 Å². The molecule has 2 aromatic heterocycles. The Morgan fingerprint density at radius 1 is 1.29 bits per heavy atom. The zero-order valence-electron chi connectivity index (χ0n) is 18.0. The highest BCUT2D eigenvalue weighted by molar-refractivity contribution is 6.38. The monoisotopic (exact) mass is 465 g/mol. The van der Waals surface area contributed by atoms with E-state index in [9.17, 15) is 9.59 Å². The molecular weight excluding hydrogens is 441 g/mol. The number of rotatable bonds is 5. The number of H-pyrrole nitrogens is 1. The molecule has 31 heavy (non-hydrogen) atoms. The Balaban J connectivity index is 1.67. The highest BCUT2D eigenvalue weighted by Gasteiger charge is 2.24. The first-order valence-electron chi connectivity index (χ1n) is 9.84. The van der Waals surface area contributed by atoms with Crippen molar-refractivity contribution in [2.45, 2.75) is 59.1 Å². The molecule has 0 aliphatic carbocycles. The standard InChI is InChI=1S/C21H25Cl2N5O3/c1-11(19(29)25-20(30)31-21(3,4)5)17-10-28(27-26-17)7-6-14-12(2)24-16-9-13(22)8-15(23)18(14)16/h8-11,24H,6-7H2,1-5H3,(H,25,29,30). The summed E-state index contributed by atoms with van der Waals surface area (Å²) in [6.45, 7) is 9.35. The van der Waals surface area contributed by atoms with Crippen molar-refractivity contribution in [1.82, 2.24) is 25.3 Å². The SMILES string of the molecule is Cc1[nH]c2cc(Cl)cc(Cl)c2c1CCn1cc(C(C)C(=O)NC(=O)OC(C)(C)C)nn1. The molecular formula is C21H25Cl2N5O3. The molecule has 2 heterocycles. The Bertz CT molecular complexity index is 1130. The minimum atomic E-state index is -0.788. The van der Waals surface area contributed by atoms with Gasteiger partial charge < -0.3 is 9.72 Å². The number of benzene rings is 1. The second kappa shape index (κ2) is 8.88. The highest BCUT2D eigenvalue weighted by Crippen LogP contribution is 2.32. The lowest BCUT2D eigenvalue weighted by Crippen LogP contribution is -2.38. The number of carbonyl (C=O) groups is 2. The summed E-state index contributed by atoms with van der Waals surface area (Å²) in [5.74, 6) is -1.16. The molecule has 0 radical (unpaired) electrons. The second-order valence-electron chi connectivity index (χ2n) is 8.41. The predicted octanol–water partition coefficient (Wildman–Crippen LogP) is 4.77. The van der Waals surface area contributed by atoms with E-state index in [1.165, 1.54) is 0 Å². The molecule has 0 bridgehead atoms. The molecule has 3 aromatic rings. The molecule has 0 aliphatic rings. The van der Waals surface area contributed by atoms with Crippen molar-refractivity contribution < 1.29 is 14.3 Å². The number of amides is 2. The number of hydrogen-bond acceptors (Lipinski definition) is 5. The van der Waals surface area contributed by atoms with Crippen LogP contribution < -0.4 is 5.32 Å². The van der Waals surface area contributed by atoms with E-state index in [4.69, 9.17) is 27.9 Å². The Labute approximate surface area is 190 Å². The molecule has 0 saturated carbocycles. The first-order valence-corrected chi connectivity index (χ1v) is 10.6. The van der Waals surface area contributed by atoms with E-state index in [0.717, 1.165) is 22.2 Å². The summed E-state index contributed by atoms with van der Waals surface area (Å²) in [4.78, 5) is 27.5. The Morgan fingerprint density at radius 3 is 2.68 bits per heavy atom. The van der Waals surface area contributed by atoms with Gasteiger partial charge in [0.1, 0.15) is 5.60 Å². The van der Waals surface area contributed by atoms with Gasteiger partial charge in [-0.15, -0.1) is 5.10 Å². The van der Waals surface area contributed by atoms with E-state index in [0.29, 0.717) is 28.7 Å². The molecule has 3 rings (SSSR count). The number of ether oxygens (including phenoxy) is 1. The Hall–Kier alpha value is -2.58. The largest absolute Gasteiger partial charge is 0.444 e. The van der Waals surface area contributed by atoms with Crippen LogP contribution in [0.1, 0.15) is 50.6 Å². The van der Waals surface area contributed by atoms with E-state index >= 15 is 0 Å². The zero-order chi connectivity index (χ0) is 22.9. The minimum absolute atomic E-state index is 0.460. The van der Waals surface area contributed by atoms with Crippen LogP contribution in [0.4, 0.5) is 4.79 Å². The highest BCUT2D eigenvalue weighted by atomic mass is 35.5. The third kappa shape index (κ3) is 5.57. The van der Waals surface area contributed by atoms with E-state index in [1.807, 2.05) is 13.0 Å². The maximum absolute atomic E-state index is 12.3. The molecule has 1 aromatic carbocycles. The van der Waals surface area contributed by atoms with Gasteiger partial charge in [0, 0.05) is 34.4 Å². The van der Waals surface area contributed by atoms with Crippen LogP contribution in [0, 0.1) is 6.92 Å². The number of nitrogens with one attached hydrogen (secondary N) is 2. The second-order valence-corrected chi connectivity index (χ2v) is 9.25. The smallest absolute Gasteiger partial charge is 0.414 e. The predicted molar refractivity (Wildman–Crippen MR) is 120 cm³/mol. The van der Waals surface area contributed by atoms with E-state index < -0.39 is 23.5 Å². The molecule has 0 saturated heterocycles. The minimum Gasteiger partial charge on any atom is -0.444 e. The van der Waals surface area contributed by atoms with Crippen LogP contribution >= 0.6 is 23.2 Å². The fraction of sp³-hybridized carbons (Fsp3) is 0.429. The molecule has 10 heteroatoms. The third-order valence-electron chi connectivity index (χ3n) is 4.74. The maximum Gasteiger partial charge on any atom is 0.414 e. The molecule has 1 unspecified atom stereocenters. The number of nitrogens with zero attached hydrogens (tertiary/aromatic N) is 3. The summed E-state index contributed by atoms with van der Waals surface area (Å²) in [6.07, 6.45) is 1.57. The van der Waals surface area contributed by atoms with Crippen molar-refractivity contribution in [3.63, 3.8) is 0 Å². The number of imide groups is 1. The third-order valence-corrected chi connectivity index (χ3v) is 5.26. The van der Waals surface area contributed by atoms with Gasteiger partial charge in [-0.3, -0.25) is 14.8 Å². The Morgan fingerprint density at radius 2 is 2.00 bits per heavy atom. The quantitative estimate of drug-likeness (QED) is 0.564. The molecule has 0 fully saturated rings. The van der Waals surface area contributed by atoms with E-state index in [1.54, 1.807) is 44.6 Å². The number of hydrogen-bond donors (Lipinski definition) is 2. The normalized spacial score (nSPS) is 12.7. The molecule has 2 N–H and O–H groups in total. The summed E-state index contributed by atoms with van der Waals surface area (Å²) < 4.78 is 6.77. The zero-order valence-corrected chi connectivity index (χ0v) is 19.6. The number of aromatic amines is 1. The van der Waals surface area contributed by atoms with Crippen molar-refractivity contribution in [2.24, 2.45) is 0 Å². The molecule has 166 valence electrons. The van der Waals surface area contributed by atoms with Gasteiger partial charge in [-0.05, 0) is 58.7 Å². The van der Waals surface area contributed by atoms with Gasteiger partial charge in [-0.2, -0.15) is 0 Å². The summed E-state index contributed by atoms with van der Waals surface area (Å²) in [5, 5.41) is 12.5. The average molecular weight is 466 g/mol. The molecule has 1 atom stereocenters.